The van der Waals surface area contributed by atoms with Gasteiger partial charge in [0, 0.05) is 6.04 Å². The molecular formula is C14H21NO3. The standard InChI is InChI=1S/C14H21NO3/c1-15-11-5-9(6-11)10-7-12(16-2)14(18-4)13(8-10)17-3/h7-9,11,15H,5-6H2,1-4H3. The first-order valence-electron chi connectivity index (χ1n) is 6.20. The molecule has 0 heterocycles. The van der Waals surface area contributed by atoms with E-state index in [1.54, 1.807) is 21.3 Å². The predicted octanol–water partition coefficient (Wildman–Crippen LogP) is 2.18. The quantitative estimate of drug-likeness (QED) is 0.870. The summed E-state index contributed by atoms with van der Waals surface area (Å²) in [7, 11) is 6.94. The van der Waals surface area contributed by atoms with E-state index in [4.69, 9.17) is 14.2 Å². The van der Waals surface area contributed by atoms with Gasteiger partial charge in [0.25, 0.3) is 0 Å². The third kappa shape index (κ3) is 2.25. The summed E-state index contributed by atoms with van der Waals surface area (Å²) in [6.45, 7) is 0. The summed E-state index contributed by atoms with van der Waals surface area (Å²) < 4.78 is 16.1. The van der Waals surface area contributed by atoms with Crippen LogP contribution >= 0.6 is 0 Å². The lowest BCUT2D eigenvalue weighted by Gasteiger charge is -2.35. The molecule has 1 aromatic carbocycles. The van der Waals surface area contributed by atoms with E-state index < -0.39 is 0 Å². The second kappa shape index (κ2) is 5.48. The maximum absolute atomic E-state index is 5.37. The first-order valence-corrected chi connectivity index (χ1v) is 6.20. The first kappa shape index (κ1) is 13.0. The van der Waals surface area contributed by atoms with E-state index in [2.05, 4.69) is 17.4 Å². The Labute approximate surface area is 108 Å². The van der Waals surface area contributed by atoms with Crippen LogP contribution in [0.1, 0.15) is 24.3 Å². The zero-order valence-electron chi connectivity index (χ0n) is 11.4. The Balaban J connectivity index is 2.27. The monoisotopic (exact) mass is 251 g/mol. The van der Waals surface area contributed by atoms with Gasteiger partial charge in [0.1, 0.15) is 0 Å². The van der Waals surface area contributed by atoms with Crippen molar-refractivity contribution in [2.75, 3.05) is 28.4 Å². The zero-order chi connectivity index (χ0) is 13.1. The number of nitrogens with one attached hydrogen (secondary N) is 1. The van der Waals surface area contributed by atoms with Crippen molar-refractivity contribution >= 4 is 0 Å². The van der Waals surface area contributed by atoms with E-state index in [9.17, 15) is 0 Å². The van der Waals surface area contributed by atoms with Gasteiger partial charge in [0.2, 0.25) is 5.75 Å². The highest BCUT2D eigenvalue weighted by molar-refractivity contribution is 5.54. The molecule has 4 heteroatoms. The molecule has 0 aromatic heterocycles. The molecule has 1 N–H and O–H groups in total. The molecule has 0 aliphatic heterocycles. The first-order chi connectivity index (χ1) is 8.73. The second-order valence-electron chi connectivity index (χ2n) is 4.61. The fourth-order valence-corrected chi connectivity index (χ4v) is 2.46. The van der Waals surface area contributed by atoms with Crippen molar-refractivity contribution in [1.82, 2.24) is 5.32 Å². The molecule has 18 heavy (non-hydrogen) atoms. The third-order valence-corrected chi connectivity index (χ3v) is 3.70. The van der Waals surface area contributed by atoms with Crippen molar-refractivity contribution < 1.29 is 14.2 Å². The van der Waals surface area contributed by atoms with Gasteiger partial charge in [-0.2, -0.15) is 0 Å². The van der Waals surface area contributed by atoms with Crippen LogP contribution in [0.5, 0.6) is 17.2 Å². The molecule has 1 aromatic rings. The molecule has 0 saturated heterocycles. The van der Waals surface area contributed by atoms with Crippen molar-refractivity contribution in [3.8, 4) is 17.2 Å². The molecule has 1 fully saturated rings. The van der Waals surface area contributed by atoms with Gasteiger partial charge >= 0.3 is 0 Å². The summed E-state index contributed by atoms with van der Waals surface area (Å²) in [6.07, 6.45) is 2.32. The van der Waals surface area contributed by atoms with Crippen molar-refractivity contribution in [2.45, 2.75) is 24.8 Å². The van der Waals surface area contributed by atoms with Crippen LogP contribution in [-0.4, -0.2) is 34.4 Å². The SMILES string of the molecule is CNC1CC(c2cc(OC)c(OC)c(OC)c2)C1. The number of ether oxygens (including phenoxy) is 3. The minimum absolute atomic E-state index is 0.580. The lowest BCUT2D eigenvalue weighted by Crippen LogP contribution is -2.37. The van der Waals surface area contributed by atoms with E-state index in [0.717, 1.165) is 24.3 Å². The average molecular weight is 251 g/mol. The summed E-state index contributed by atoms with van der Waals surface area (Å²) >= 11 is 0. The molecule has 0 spiro atoms. The number of benzene rings is 1. The van der Waals surface area contributed by atoms with E-state index in [1.807, 2.05) is 7.05 Å². The van der Waals surface area contributed by atoms with Gasteiger partial charge in [-0.3, -0.25) is 0 Å². The van der Waals surface area contributed by atoms with Gasteiger partial charge in [0.05, 0.1) is 21.3 Å². The molecule has 2 rings (SSSR count). The number of hydrogen-bond acceptors (Lipinski definition) is 4. The van der Waals surface area contributed by atoms with Crippen LogP contribution in [0.25, 0.3) is 0 Å². The van der Waals surface area contributed by atoms with E-state index in [-0.39, 0.29) is 0 Å². The summed E-state index contributed by atoms with van der Waals surface area (Å²) in [5.74, 6) is 2.71. The lowest BCUT2D eigenvalue weighted by atomic mass is 9.76. The van der Waals surface area contributed by atoms with Crippen LogP contribution in [0, 0.1) is 0 Å². The lowest BCUT2D eigenvalue weighted by molar-refractivity contribution is 0.299. The Kier molecular flexibility index (Phi) is 3.97. The van der Waals surface area contributed by atoms with Crippen molar-refractivity contribution in [1.29, 1.82) is 0 Å². The normalized spacial score (nSPS) is 22.2. The highest BCUT2D eigenvalue weighted by Gasteiger charge is 2.30. The van der Waals surface area contributed by atoms with Crippen molar-refractivity contribution in [2.24, 2.45) is 0 Å². The Morgan fingerprint density at radius 1 is 1.00 bits per heavy atom. The smallest absolute Gasteiger partial charge is 0.203 e. The highest BCUT2D eigenvalue weighted by atomic mass is 16.5. The molecular weight excluding hydrogens is 230 g/mol. The van der Waals surface area contributed by atoms with Gasteiger partial charge < -0.3 is 19.5 Å². The molecule has 0 unspecified atom stereocenters. The van der Waals surface area contributed by atoms with Crippen LogP contribution in [0.3, 0.4) is 0 Å². The van der Waals surface area contributed by atoms with Gasteiger partial charge in [-0.15, -0.1) is 0 Å². The summed E-state index contributed by atoms with van der Waals surface area (Å²) in [6, 6.07) is 4.74. The highest BCUT2D eigenvalue weighted by Crippen LogP contribution is 2.44. The van der Waals surface area contributed by atoms with Crippen LogP contribution in [0.2, 0.25) is 0 Å². The van der Waals surface area contributed by atoms with E-state index in [1.165, 1.54) is 5.56 Å². The third-order valence-electron chi connectivity index (χ3n) is 3.70. The zero-order valence-corrected chi connectivity index (χ0v) is 11.4. The summed E-state index contributed by atoms with van der Waals surface area (Å²) in [4.78, 5) is 0. The molecule has 1 saturated carbocycles. The molecule has 0 bridgehead atoms. The van der Waals surface area contributed by atoms with Gasteiger partial charge in [-0.25, -0.2) is 0 Å². The molecule has 0 radical (unpaired) electrons. The minimum atomic E-state index is 0.580. The molecule has 0 atom stereocenters. The van der Waals surface area contributed by atoms with Gasteiger partial charge in [-0.05, 0) is 43.5 Å². The minimum Gasteiger partial charge on any atom is -0.493 e. The molecule has 1 aliphatic rings. The van der Waals surface area contributed by atoms with Crippen LogP contribution in [0.4, 0.5) is 0 Å². The maximum Gasteiger partial charge on any atom is 0.203 e. The Morgan fingerprint density at radius 2 is 1.56 bits per heavy atom. The Hall–Kier alpha value is -1.42. The predicted molar refractivity (Wildman–Crippen MR) is 70.9 cm³/mol. The van der Waals surface area contributed by atoms with Crippen molar-refractivity contribution in [3.63, 3.8) is 0 Å². The van der Waals surface area contributed by atoms with Crippen molar-refractivity contribution in [3.05, 3.63) is 17.7 Å². The Morgan fingerprint density at radius 3 is 1.94 bits per heavy atom. The van der Waals surface area contributed by atoms with Gasteiger partial charge in [0.15, 0.2) is 11.5 Å². The molecule has 4 nitrogen and oxygen atoms in total. The fourth-order valence-electron chi connectivity index (χ4n) is 2.46. The number of rotatable bonds is 5. The Bertz CT molecular complexity index is 388. The average Bonchev–Trinajstić information content (AvgIpc) is 2.36. The molecule has 0 amide bonds. The van der Waals surface area contributed by atoms with E-state index in [0.29, 0.717) is 17.7 Å². The largest absolute Gasteiger partial charge is 0.493 e. The molecule has 1 aliphatic carbocycles. The fraction of sp³-hybridized carbons (Fsp3) is 0.571. The maximum atomic E-state index is 5.37. The summed E-state index contributed by atoms with van der Waals surface area (Å²) in [5.41, 5.74) is 1.26. The number of hydrogen-bond donors (Lipinski definition) is 1. The van der Waals surface area contributed by atoms with Crippen LogP contribution in [-0.2, 0) is 0 Å². The number of methoxy groups -OCH3 is 3. The van der Waals surface area contributed by atoms with Crippen LogP contribution < -0.4 is 19.5 Å². The van der Waals surface area contributed by atoms with E-state index >= 15 is 0 Å². The van der Waals surface area contributed by atoms with Crippen LogP contribution in [0.15, 0.2) is 12.1 Å². The second-order valence-corrected chi connectivity index (χ2v) is 4.61. The topological polar surface area (TPSA) is 39.7 Å². The summed E-state index contributed by atoms with van der Waals surface area (Å²) in [5, 5.41) is 3.29. The molecule has 100 valence electrons. The van der Waals surface area contributed by atoms with Gasteiger partial charge in [-0.1, -0.05) is 0 Å².